The third-order valence-electron chi connectivity index (χ3n) is 2.43. The second kappa shape index (κ2) is 7.33. The average Bonchev–Trinajstić information content (AvgIpc) is 2.31. The van der Waals surface area contributed by atoms with E-state index in [4.69, 9.17) is 23.2 Å². The minimum absolute atomic E-state index is 0.183. The molecule has 0 saturated heterocycles. The Morgan fingerprint density at radius 2 is 2.05 bits per heavy atom. The number of amides is 2. The van der Waals surface area contributed by atoms with Crippen LogP contribution in [0.3, 0.4) is 0 Å². The first kappa shape index (κ1) is 15.8. The van der Waals surface area contributed by atoms with Crippen LogP contribution in [0.1, 0.15) is 12.5 Å². The van der Waals surface area contributed by atoms with Gasteiger partial charge in [0.1, 0.15) is 0 Å². The van der Waals surface area contributed by atoms with E-state index < -0.39 is 12.1 Å². The van der Waals surface area contributed by atoms with Crippen LogP contribution in [0.2, 0.25) is 10.0 Å². The number of halogens is 2. The van der Waals surface area contributed by atoms with Gasteiger partial charge in [0, 0.05) is 16.5 Å². The summed E-state index contributed by atoms with van der Waals surface area (Å²) in [5, 5.41) is 3.46. The smallest absolute Gasteiger partial charge is 0.326 e. The van der Waals surface area contributed by atoms with Crippen molar-refractivity contribution in [1.82, 2.24) is 10.8 Å². The summed E-state index contributed by atoms with van der Waals surface area (Å²) < 4.78 is 0. The Kier molecular flexibility index (Phi) is 6.08. The Bertz CT molecular complexity index is 480. The van der Waals surface area contributed by atoms with Gasteiger partial charge in [0.25, 0.3) is 0 Å². The van der Waals surface area contributed by atoms with Gasteiger partial charge in [-0.25, -0.2) is 10.3 Å². The van der Waals surface area contributed by atoms with Crippen molar-refractivity contribution < 1.29 is 14.4 Å². The number of rotatable bonds is 5. The van der Waals surface area contributed by atoms with E-state index in [1.54, 1.807) is 18.2 Å². The van der Waals surface area contributed by atoms with Crippen molar-refractivity contribution in [2.45, 2.75) is 19.4 Å². The van der Waals surface area contributed by atoms with Crippen LogP contribution in [0, 0.1) is 0 Å². The monoisotopic (exact) mass is 304 g/mol. The molecule has 0 aromatic heterocycles. The molecule has 0 saturated carbocycles. The van der Waals surface area contributed by atoms with Crippen molar-refractivity contribution in [1.29, 1.82) is 0 Å². The second-order valence-electron chi connectivity index (χ2n) is 3.88. The predicted molar refractivity (Wildman–Crippen MR) is 73.3 cm³/mol. The first-order valence-electron chi connectivity index (χ1n) is 5.48. The molecule has 0 radical (unpaired) electrons. The molecule has 0 bridgehead atoms. The summed E-state index contributed by atoms with van der Waals surface area (Å²) in [4.78, 5) is 27.3. The summed E-state index contributed by atoms with van der Waals surface area (Å²) in [5.41, 5.74) is 2.81. The summed E-state index contributed by atoms with van der Waals surface area (Å²) >= 11 is 11.8. The van der Waals surface area contributed by atoms with Crippen LogP contribution in [0.15, 0.2) is 18.2 Å². The lowest BCUT2D eigenvalue weighted by Crippen LogP contribution is -2.46. The number of carbonyl (C=O) groups is 2. The number of hydroxylamine groups is 1. The van der Waals surface area contributed by atoms with Gasteiger partial charge in [-0.1, -0.05) is 29.3 Å². The Balaban J connectivity index is 2.78. The van der Waals surface area contributed by atoms with E-state index in [-0.39, 0.29) is 12.2 Å². The fourth-order valence-corrected chi connectivity index (χ4v) is 1.97. The number of benzene rings is 1. The molecule has 0 spiro atoms. The van der Waals surface area contributed by atoms with Crippen LogP contribution in [0.5, 0.6) is 0 Å². The fourth-order valence-electron chi connectivity index (χ4n) is 1.48. The van der Waals surface area contributed by atoms with Crippen LogP contribution < -0.4 is 10.8 Å². The summed E-state index contributed by atoms with van der Waals surface area (Å²) in [6.45, 7) is 1.39. The van der Waals surface area contributed by atoms with Crippen LogP contribution in [0.4, 0.5) is 4.79 Å². The predicted octanol–water partition coefficient (Wildman–Crippen LogP) is 2.35. The normalized spacial score (nSPS) is 11.8. The van der Waals surface area contributed by atoms with Gasteiger partial charge in [0.15, 0.2) is 5.78 Å². The lowest BCUT2D eigenvalue weighted by atomic mass is 10.0. The van der Waals surface area contributed by atoms with Gasteiger partial charge < -0.3 is 5.32 Å². The zero-order chi connectivity index (χ0) is 14.4. The average molecular weight is 305 g/mol. The number of urea groups is 1. The molecule has 0 fully saturated rings. The minimum atomic E-state index is -0.686. The van der Waals surface area contributed by atoms with E-state index in [1.165, 1.54) is 14.0 Å². The van der Waals surface area contributed by atoms with E-state index in [2.05, 4.69) is 15.6 Å². The number of ketones is 1. The molecule has 1 atom stereocenters. The molecular weight excluding hydrogens is 291 g/mol. The second-order valence-corrected chi connectivity index (χ2v) is 4.73. The molecule has 2 amide bonds. The molecule has 1 aromatic rings. The van der Waals surface area contributed by atoms with E-state index in [1.807, 2.05) is 0 Å². The number of hydrogen-bond acceptors (Lipinski definition) is 3. The highest BCUT2D eigenvalue weighted by atomic mass is 35.5. The van der Waals surface area contributed by atoms with Gasteiger partial charge in [-0.05, 0) is 24.6 Å². The van der Waals surface area contributed by atoms with Gasteiger partial charge >= 0.3 is 6.03 Å². The van der Waals surface area contributed by atoms with Gasteiger partial charge in [-0.15, -0.1) is 0 Å². The third-order valence-corrected chi connectivity index (χ3v) is 3.02. The summed E-state index contributed by atoms with van der Waals surface area (Å²) in [7, 11) is 1.30. The van der Waals surface area contributed by atoms with Crippen molar-refractivity contribution >= 4 is 35.0 Å². The molecule has 19 heavy (non-hydrogen) atoms. The summed E-state index contributed by atoms with van der Waals surface area (Å²) in [6.07, 6.45) is 0.280. The maximum atomic E-state index is 11.5. The molecule has 1 rings (SSSR count). The highest BCUT2D eigenvalue weighted by Crippen LogP contribution is 2.22. The lowest BCUT2D eigenvalue weighted by Gasteiger charge is -2.16. The SMILES string of the molecule is CONC(=O)N[C@H](Cc1ccc(Cl)cc1Cl)C(C)=O. The number of carbonyl (C=O) groups excluding carboxylic acids is 2. The summed E-state index contributed by atoms with van der Waals surface area (Å²) in [6, 6.07) is 3.71. The molecule has 0 aliphatic carbocycles. The zero-order valence-electron chi connectivity index (χ0n) is 10.5. The fraction of sp³-hybridized carbons (Fsp3) is 0.333. The minimum Gasteiger partial charge on any atom is -0.326 e. The molecule has 0 aliphatic heterocycles. The van der Waals surface area contributed by atoms with Crippen molar-refractivity contribution in [2.75, 3.05) is 7.11 Å². The van der Waals surface area contributed by atoms with Gasteiger partial charge in [0.2, 0.25) is 0 Å². The maximum Gasteiger partial charge on any atom is 0.339 e. The Hall–Kier alpha value is -1.30. The molecular formula is C12H14Cl2N2O3. The van der Waals surface area contributed by atoms with Gasteiger partial charge in [-0.3, -0.25) is 9.63 Å². The third kappa shape index (κ3) is 5.06. The van der Waals surface area contributed by atoms with E-state index >= 15 is 0 Å². The highest BCUT2D eigenvalue weighted by molar-refractivity contribution is 6.35. The van der Waals surface area contributed by atoms with Crippen LogP contribution >= 0.6 is 23.2 Å². The van der Waals surface area contributed by atoms with Crippen molar-refractivity contribution in [3.63, 3.8) is 0 Å². The molecule has 0 unspecified atom stereocenters. The molecule has 2 N–H and O–H groups in total. The van der Waals surface area contributed by atoms with Crippen molar-refractivity contribution in [3.05, 3.63) is 33.8 Å². The van der Waals surface area contributed by atoms with Crippen LogP contribution in [-0.4, -0.2) is 25.0 Å². The standard InChI is InChI=1S/C12H14Cl2N2O3/c1-7(17)11(15-12(18)16-19-2)5-8-3-4-9(13)6-10(8)14/h3-4,6,11H,5H2,1-2H3,(H2,15,16,18)/t11-/m1/s1. The maximum absolute atomic E-state index is 11.5. The Morgan fingerprint density at radius 3 is 2.58 bits per heavy atom. The first-order chi connectivity index (χ1) is 8.93. The highest BCUT2D eigenvalue weighted by Gasteiger charge is 2.18. The Morgan fingerprint density at radius 1 is 1.37 bits per heavy atom. The van der Waals surface area contributed by atoms with E-state index in [0.717, 1.165) is 5.56 Å². The molecule has 0 aliphatic rings. The zero-order valence-corrected chi connectivity index (χ0v) is 12.0. The van der Waals surface area contributed by atoms with Crippen LogP contribution in [0.25, 0.3) is 0 Å². The molecule has 104 valence electrons. The molecule has 5 nitrogen and oxygen atoms in total. The Labute approximate surface area is 121 Å². The lowest BCUT2D eigenvalue weighted by molar-refractivity contribution is -0.118. The first-order valence-corrected chi connectivity index (χ1v) is 6.23. The van der Waals surface area contributed by atoms with Crippen LogP contribution in [-0.2, 0) is 16.1 Å². The van der Waals surface area contributed by atoms with E-state index in [9.17, 15) is 9.59 Å². The molecule has 0 heterocycles. The quantitative estimate of drug-likeness (QED) is 0.821. The topological polar surface area (TPSA) is 67.4 Å². The number of nitrogens with one attached hydrogen (secondary N) is 2. The molecule has 7 heteroatoms. The summed E-state index contributed by atoms with van der Waals surface area (Å²) in [5.74, 6) is -0.183. The number of hydrogen-bond donors (Lipinski definition) is 2. The molecule has 1 aromatic carbocycles. The van der Waals surface area contributed by atoms with Crippen molar-refractivity contribution in [2.24, 2.45) is 0 Å². The van der Waals surface area contributed by atoms with Gasteiger partial charge in [-0.2, -0.15) is 0 Å². The van der Waals surface area contributed by atoms with Gasteiger partial charge in [0.05, 0.1) is 13.2 Å². The van der Waals surface area contributed by atoms with Crippen molar-refractivity contribution in [3.8, 4) is 0 Å². The van der Waals surface area contributed by atoms with E-state index in [0.29, 0.717) is 10.0 Å². The largest absolute Gasteiger partial charge is 0.339 e. The number of Topliss-reactive ketones (excluding diaryl/α,β-unsaturated/α-hetero) is 1.